The number of thiophene rings is 1. The quantitative estimate of drug-likeness (QED) is 0.762. The Morgan fingerprint density at radius 2 is 2.31 bits per heavy atom. The highest BCUT2D eigenvalue weighted by molar-refractivity contribution is 7.16. The first-order chi connectivity index (χ1) is 6.03. The minimum atomic E-state index is -0.254. The third kappa shape index (κ3) is 3.40. The standard InChI is InChI=1S/C10H12ClNS/c1-4-10(2,3)12-7-8-5-6-9(11)13-8/h1,5-6,12H,7H2,2-3H3. The monoisotopic (exact) mass is 213 g/mol. The Bertz CT molecular complexity index is 322. The Morgan fingerprint density at radius 1 is 1.62 bits per heavy atom. The molecule has 0 aliphatic rings. The van der Waals surface area contributed by atoms with Gasteiger partial charge < -0.3 is 0 Å². The third-order valence-electron chi connectivity index (χ3n) is 1.69. The second kappa shape index (κ2) is 4.15. The van der Waals surface area contributed by atoms with Gasteiger partial charge in [-0.25, -0.2) is 0 Å². The summed E-state index contributed by atoms with van der Waals surface area (Å²) in [5, 5.41) is 3.25. The number of hydrogen-bond acceptors (Lipinski definition) is 2. The molecule has 1 nitrogen and oxygen atoms in total. The number of terminal acetylenes is 1. The minimum absolute atomic E-state index is 0.254. The first-order valence-electron chi connectivity index (χ1n) is 4.00. The fourth-order valence-corrected chi connectivity index (χ4v) is 1.83. The summed E-state index contributed by atoms with van der Waals surface area (Å²) in [5.74, 6) is 2.68. The van der Waals surface area contributed by atoms with Gasteiger partial charge in [-0.15, -0.1) is 17.8 Å². The van der Waals surface area contributed by atoms with E-state index in [0.717, 1.165) is 10.9 Å². The third-order valence-corrected chi connectivity index (χ3v) is 2.93. The van der Waals surface area contributed by atoms with Crippen molar-refractivity contribution in [2.75, 3.05) is 0 Å². The lowest BCUT2D eigenvalue weighted by Crippen LogP contribution is -2.36. The van der Waals surface area contributed by atoms with E-state index in [1.54, 1.807) is 11.3 Å². The van der Waals surface area contributed by atoms with Gasteiger partial charge in [-0.1, -0.05) is 17.5 Å². The summed E-state index contributed by atoms with van der Waals surface area (Å²) in [6.45, 7) is 4.72. The first kappa shape index (κ1) is 10.6. The molecule has 70 valence electrons. The number of hydrogen-bond donors (Lipinski definition) is 1. The summed E-state index contributed by atoms with van der Waals surface area (Å²) in [5.41, 5.74) is -0.254. The fraction of sp³-hybridized carbons (Fsp3) is 0.400. The van der Waals surface area contributed by atoms with Crippen molar-refractivity contribution in [3.05, 3.63) is 21.3 Å². The van der Waals surface area contributed by atoms with Crippen LogP contribution in [0.2, 0.25) is 4.34 Å². The van der Waals surface area contributed by atoms with Crippen LogP contribution in [0.4, 0.5) is 0 Å². The van der Waals surface area contributed by atoms with Crippen molar-refractivity contribution in [2.24, 2.45) is 0 Å². The van der Waals surface area contributed by atoms with E-state index in [9.17, 15) is 0 Å². The summed E-state index contributed by atoms with van der Waals surface area (Å²) in [6, 6.07) is 3.90. The molecular weight excluding hydrogens is 202 g/mol. The van der Waals surface area contributed by atoms with Crippen LogP contribution in [0.15, 0.2) is 12.1 Å². The van der Waals surface area contributed by atoms with Crippen LogP contribution in [0.5, 0.6) is 0 Å². The molecule has 0 aliphatic heterocycles. The minimum Gasteiger partial charge on any atom is -0.297 e. The van der Waals surface area contributed by atoms with Crippen LogP contribution in [0.25, 0.3) is 0 Å². The average Bonchev–Trinajstić information content (AvgIpc) is 2.48. The number of halogens is 1. The molecule has 1 N–H and O–H groups in total. The summed E-state index contributed by atoms with van der Waals surface area (Å²) in [4.78, 5) is 1.20. The topological polar surface area (TPSA) is 12.0 Å². The zero-order valence-corrected chi connectivity index (χ0v) is 9.30. The van der Waals surface area contributed by atoms with Crippen LogP contribution in [0.3, 0.4) is 0 Å². The van der Waals surface area contributed by atoms with Crippen molar-refractivity contribution in [1.82, 2.24) is 5.32 Å². The molecule has 1 heterocycles. The van der Waals surface area contributed by atoms with Crippen LogP contribution in [-0.4, -0.2) is 5.54 Å². The highest BCUT2D eigenvalue weighted by atomic mass is 35.5. The molecule has 0 radical (unpaired) electrons. The van der Waals surface area contributed by atoms with E-state index in [1.165, 1.54) is 4.88 Å². The lowest BCUT2D eigenvalue weighted by molar-refractivity contribution is 0.494. The SMILES string of the molecule is C#CC(C)(C)NCc1ccc(Cl)s1. The van der Waals surface area contributed by atoms with Gasteiger partial charge in [0.25, 0.3) is 0 Å². The Hall–Kier alpha value is -0.490. The van der Waals surface area contributed by atoms with Crippen LogP contribution in [-0.2, 0) is 6.54 Å². The van der Waals surface area contributed by atoms with Crippen LogP contribution < -0.4 is 5.32 Å². The van der Waals surface area contributed by atoms with Crippen molar-refractivity contribution in [3.63, 3.8) is 0 Å². The molecule has 0 saturated heterocycles. The van der Waals surface area contributed by atoms with E-state index < -0.39 is 0 Å². The van der Waals surface area contributed by atoms with Crippen molar-refractivity contribution in [1.29, 1.82) is 0 Å². The molecule has 0 bridgehead atoms. The lowest BCUT2D eigenvalue weighted by atomic mass is 10.1. The molecule has 1 aromatic rings. The van der Waals surface area contributed by atoms with Gasteiger partial charge in [0.05, 0.1) is 9.88 Å². The molecule has 0 aromatic carbocycles. The molecule has 13 heavy (non-hydrogen) atoms. The second-order valence-electron chi connectivity index (χ2n) is 3.33. The molecule has 0 amide bonds. The maximum absolute atomic E-state index is 5.79. The predicted octanol–water partition coefficient (Wildman–Crippen LogP) is 2.90. The second-order valence-corrected chi connectivity index (χ2v) is 5.13. The average molecular weight is 214 g/mol. The van der Waals surface area contributed by atoms with E-state index in [1.807, 2.05) is 26.0 Å². The molecule has 0 fully saturated rings. The van der Waals surface area contributed by atoms with Crippen LogP contribution in [0.1, 0.15) is 18.7 Å². The van der Waals surface area contributed by atoms with Crippen LogP contribution >= 0.6 is 22.9 Å². The van der Waals surface area contributed by atoms with E-state index >= 15 is 0 Å². The summed E-state index contributed by atoms with van der Waals surface area (Å²) in [7, 11) is 0. The first-order valence-corrected chi connectivity index (χ1v) is 5.20. The molecule has 0 aliphatic carbocycles. The molecule has 3 heteroatoms. The van der Waals surface area contributed by atoms with E-state index in [-0.39, 0.29) is 5.54 Å². The summed E-state index contributed by atoms with van der Waals surface area (Å²) >= 11 is 7.37. The van der Waals surface area contributed by atoms with Crippen molar-refractivity contribution in [2.45, 2.75) is 25.9 Å². The largest absolute Gasteiger partial charge is 0.297 e. The highest BCUT2D eigenvalue weighted by Gasteiger charge is 2.12. The smallest absolute Gasteiger partial charge is 0.0931 e. The number of rotatable bonds is 3. The zero-order valence-electron chi connectivity index (χ0n) is 7.73. The van der Waals surface area contributed by atoms with Gasteiger partial charge >= 0.3 is 0 Å². The Kier molecular flexibility index (Phi) is 3.38. The molecule has 0 spiro atoms. The molecule has 1 rings (SSSR count). The highest BCUT2D eigenvalue weighted by Crippen LogP contribution is 2.21. The van der Waals surface area contributed by atoms with Gasteiger partial charge in [-0.05, 0) is 26.0 Å². The maximum Gasteiger partial charge on any atom is 0.0931 e. The lowest BCUT2D eigenvalue weighted by Gasteiger charge is -2.18. The van der Waals surface area contributed by atoms with Crippen molar-refractivity contribution in [3.8, 4) is 12.3 Å². The van der Waals surface area contributed by atoms with Crippen LogP contribution in [0, 0.1) is 12.3 Å². The number of nitrogens with one attached hydrogen (secondary N) is 1. The van der Waals surface area contributed by atoms with Crippen molar-refractivity contribution < 1.29 is 0 Å². The zero-order chi connectivity index (χ0) is 9.90. The summed E-state index contributed by atoms with van der Waals surface area (Å²) < 4.78 is 0.815. The Labute approximate surface area is 88.1 Å². The normalized spacial score (nSPS) is 11.2. The van der Waals surface area contributed by atoms with Gasteiger partial charge in [-0.3, -0.25) is 5.32 Å². The molecule has 0 unspecified atom stereocenters. The van der Waals surface area contributed by atoms with Gasteiger partial charge in [0, 0.05) is 11.4 Å². The van der Waals surface area contributed by atoms with Gasteiger partial charge in [0.2, 0.25) is 0 Å². The Balaban J connectivity index is 2.49. The summed E-state index contributed by atoms with van der Waals surface area (Å²) in [6.07, 6.45) is 5.34. The van der Waals surface area contributed by atoms with Gasteiger partial charge in [0.15, 0.2) is 0 Å². The van der Waals surface area contributed by atoms with E-state index in [0.29, 0.717) is 0 Å². The molecule has 0 saturated carbocycles. The fourth-order valence-electron chi connectivity index (χ4n) is 0.806. The van der Waals surface area contributed by atoms with E-state index in [2.05, 4.69) is 11.2 Å². The molecule has 0 atom stereocenters. The van der Waals surface area contributed by atoms with Gasteiger partial charge in [-0.2, -0.15) is 0 Å². The van der Waals surface area contributed by atoms with E-state index in [4.69, 9.17) is 18.0 Å². The molecular formula is C10H12ClNS. The molecule has 1 aromatic heterocycles. The Morgan fingerprint density at radius 3 is 2.77 bits per heavy atom. The van der Waals surface area contributed by atoms with Gasteiger partial charge in [0.1, 0.15) is 0 Å². The predicted molar refractivity (Wildman–Crippen MR) is 59.1 cm³/mol. The maximum atomic E-state index is 5.79. The van der Waals surface area contributed by atoms with Crippen molar-refractivity contribution >= 4 is 22.9 Å².